The molecule has 3 N–H and O–H groups in total. The molecule has 0 radical (unpaired) electrons. The van der Waals surface area contributed by atoms with Crippen LogP contribution in [-0.2, 0) is 6.42 Å². The second-order valence-corrected chi connectivity index (χ2v) is 4.11. The maximum Gasteiger partial charge on any atom is 0.251 e. The van der Waals surface area contributed by atoms with E-state index in [4.69, 9.17) is 5.73 Å². The number of aromatic nitrogens is 1. The maximum absolute atomic E-state index is 11.8. The second-order valence-electron chi connectivity index (χ2n) is 4.11. The third-order valence-corrected chi connectivity index (χ3v) is 2.92. The zero-order valence-corrected chi connectivity index (χ0v) is 9.63. The quantitative estimate of drug-likeness (QED) is 0.757. The Bertz CT molecular complexity index is 584. The molecule has 1 aromatic heterocycles. The van der Waals surface area contributed by atoms with Crippen LogP contribution in [0.15, 0.2) is 23.0 Å². The number of aromatic amines is 1. The Morgan fingerprint density at radius 3 is 2.81 bits per heavy atom. The Labute approximate surface area is 94.3 Å². The van der Waals surface area contributed by atoms with Gasteiger partial charge in [0.15, 0.2) is 0 Å². The van der Waals surface area contributed by atoms with Crippen LogP contribution in [0.4, 0.5) is 5.69 Å². The Kier molecular flexibility index (Phi) is 2.69. The minimum Gasteiger partial charge on any atom is -0.399 e. The molecule has 3 heteroatoms. The molecule has 16 heavy (non-hydrogen) atoms. The summed E-state index contributed by atoms with van der Waals surface area (Å²) in [6.07, 6.45) is 1.78. The number of benzene rings is 1. The molecular weight excluding hydrogens is 200 g/mol. The third-order valence-electron chi connectivity index (χ3n) is 2.92. The van der Waals surface area contributed by atoms with E-state index in [1.807, 2.05) is 19.1 Å². The van der Waals surface area contributed by atoms with Gasteiger partial charge in [-0.1, -0.05) is 13.3 Å². The third kappa shape index (κ3) is 1.69. The van der Waals surface area contributed by atoms with Gasteiger partial charge in [0.05, 0.1) is 0 Å². The van der Waals surface area contributed by atoms with E-state index in [0.717, 1.165) is 40.6 Å². The van der Waals surface area contributed by atoms with Gasteiger partial charge in [0, 0.05) is 22.2 Å². The van der Waals surface area contributed by atoms with Crippen LogP contribution < -0.4 is 11.3 Å². The average Bonchev–Trinajstić information content (AvgIpc) is 2.26. The van der Waals surface area contributed by atoms with Crippen molar-refractivity contribution in [2.24, 2.45) is 0 Å². The average molecular weight is 216 g/mol. The molecule has 2 rings (SSSR count). The van der Waals surface area contributed by atoms with Crippen molar-refractivity contribution in [2.45, 2.75) is 26.7 Å². The number of aryl methyl sites for hydroxylation is 1. The predicted molar refractivity (Wildman–Crippen MR) is 67.7 cm³/mol. The molecule has 0 bridgehead atoms. The van der Waals surface area contributed by atoms with Crippen molar-refractivity contribution < 1.29 is 0 Å². The molecule has 0 unspecified atom stereocenters. The number of rotatable bonds is 2. The lowest BCUT2D eigenvalue weighted by Gasteiger charge is -2.08. The van der Waals surface area contributed by atoms with Gasteiger partial charge in [0.1, 0.15) is 0 Å². The van der Waals surface area contributed by atoms with E-state index >= 15 is 0 Å². The summed E-state index contributed by atoms with van der Waals surface area (Å²) in [4.78, 5) is 14.7. The summed E-state index contributed by atoms with van der Waals surface area (Å²) < 4.78 is 0. The van der Waals surface area contributed by atoms with Crippen LogP contribution in [0.1, 0.15) is 24.5 Å². The van der Waals surface area contributed by atoms with Gasteiger partial charge >= 0.3 is 0 Å². The topological polar surface area (TPSA) is 58.9 Å². The summed E-state index contributed by atoms with van der Waals surface area (Å²) in [6.45, 7) is 4.06. The van der Waals surface area contributed by atoms with Crippen molar-refractivity contribution >= 4 is 16.6 Å². The minimum atomic E-state index is 0.0246. The van der Waals surface area contributed by atoms with Gasteiger partial charge in [-0.05, 0) is 37.1 Å². The molecular formula is C13H16N2O. The number of fused-ring (bicyclic) bond motifs is 1. The Balaban J connectivity index is 2.79. The highest BCUT2D eigenvalue weighted by Gasteiger charge is 2.08. The molecule has 0 fully saturated rings. The minimum absolute atomic E-state index is 0.0246. The smallest absolute Gasteiger partial charge is 0.251 e. The molecule has 0 saturated carbocycles. The molecule has 0 atom stereocenters. The summed E-state index contributed by atoms with van der Waals surface area (Å²) in [5.74, 6) is 0. The molecule has 0 aliphatic carbocycles. The van der Waals surface area contributed by atoms with Gasteiger partial charge in [0.2, 0.25) is 0 Å². The first kappa shape index (κ1) is 10.7. The fourth-order valence-electron chi connectivity index (χ4n) is 2.06. The molecule has 84 valence electrons. The molecule has 3 nitrogen and oxygen atoms in total. The Morgan fingerprint density at radius 2 is 2.12 bits per heavy atom. The summed E-state index contributed by atoms with van der Waals surface area (Å²) in [7, 11) is 0. The number of nitrogen functional groups attached to an aromatic ring is 1. The SMILES string of the molecule is CCCc1c(C)c2cc(N)ccc2[nH]c1=O. The normalized spacial score (nSPS) is 10.9. The van der Waals surface area contributed by atoms with Crippen LogP contribution in [0.5, 0.6) is 0 Å². The second kappa shape index (κ2) is 4.00. The molecule has 1 aromatic carbocycles. The summed E-state index contributed by atoms with van der Waals surface area (Å²) >= 11 is 0. The van der Waals surface area contributed by atoms with Gasteiger partial charge < -0.3 is 10.7 Å². The number of nitrogens with one attached hydrogen (secondary N) is 1. The lowest BCUT2D eigenvalue weighted by molar-refractivity contribution is 0.896. The highest BCUT2D eigenvalue weighted by molar-refractivity contribution is 5.85. The predicted octanol–water partition coefficient (Wildman–Crippen LogP) is 2.37. The van der Waals surface area contributed by atoms with Crippen molar-refractivity contribution in [2.75, 3.05) is 5.73 Å². The van der Waals surface area contributed by atoms with Crippen molar-refractivity contribution in [1.29, 1.82) is 0 Å². The Morgan fingerprint density at radius 1 is 1.38 bits per heavy atom. The number of nitrogens with two attached hydrogens (primary N) is 1. The van der Waals surface area contributed by atoms with Crippen LogP contribution in [0.25, 0.3) is 10.9 Å². The van der Waals surface area contributed by atoms with Crippen molar-refractivity contribution in [3.63, 3.8) is 0 Å². The van der Waals surface area contributed by atoms with E-state index in [1.165, 1.54) is 0 Å². The zero-order chi connectivity index (χ0) is 11.7. The van der Waals surface area contributed by atoms with E-state index in [-0.39, 0.29) is 5.56 Å². The number of pyridine rings is 1. The van der Waals surface area contributed by atoms with Crippen LogP contribution >= 0.6 is 0 Å². The van der Waals surface area contributed by atoms with Crippen LogP contribution in [0.2, 0.25) is 0 Å². The zero-order valence-electron chi connectivity index (χ0n) is 9.63. The van der Waals surface area contributed by atoms with E-state index in [9.17, 15) is 4.79 Å². The number of anilines is 1. The maximum atomic E-state index is 11.8. The van der Waals surface area contributed by atoms with Gasteiger partial charge in [-0.2, -0.15) is 0 Å². The van der Waals surface area contributed by atoms with E-state index in [1.54, 1.807) is 6.07 Å². The first-order valence-corrected chi connectivity index (χ1v) is 5.54. The molecule has 2 aromatic rings. The van der Waals surface area contributed by atoms with Gasteiger partial charge in [-0.3, -0.25) is 4.79 Å². The molecule has 0 aliphatic heterocycles. The molecule has 0 spiro atoms. The number of H-pyrrole nitrogens is 1. The standard InChI is InChI=1S/C13H16N2O/c1-3-4-10-8(2)11-7-9(14)5-6-12(11)15-13(10)16/h5-7H,3-4,14H2,1-2H3,(H,15,16). The lowest BCUT2D eigenvalue weighted by Crippen LogP contribution is -2.14. The lowest BCUT2D eigenvalue weighted by atomic mass is 10.0. The largest absolute Gasteiger partial charge is 0.399 e. The molecule has 0 amide bonds. The highest BCUT2D eigenvalue weighted by Crippen LogP contribution is 2.20. The van der Waals surface area contributed by atoms with Crippen molar-refractivity contribution in [3.8, 4) is 0 Å². The molecule has 1 heterocycles. The van der Waals surface area contributed by atoms with E-state index < -0.39 is 0 Å². The number of hydrogen-bond acceptors (Lipinski definition) is 2. The first-order chi connectivity index (χ1) is 7.63. The number of hydrogen-bond donors (Lipinski definition) is 2. The monoisotopic (exact) mass is 216 g/mol. The van der Waals surface area contributed by atoms with Gasteiger partial charge in [-0.25, -0.2) is 0 Å². The summed E-state index contributed by atoms with van der Waals surface area (Å²) in [6, 6.07) is 5.58. The first-order valence-electron chi connectivity index (χ1n) is 5.54. The molecule has 0 saturated heterocycles. The van der Waals surface area contributed by atoms with Crippen LogP contribution in [0.3, 0.4) is 0 Å². The van der Waals surface area contributed by atoms with Crippen molar-refractivity contribution in [1.82, 2.24) is 4.98 Å². The van der Waals surface area contributed by atoms with E-state index in [0.29, 0.717) is 0 Å². The summed E-state index contributed by atoms with van der Waals surface area (Å²) in [5.41, 5.74) is 9.30. The highest BCUT2D eigenvalue weighted by atomic mass is 16.1. The van der Waals surface area contributed by atoms with Crippen LogP contribution in [-0.4, -0.2) is 4.98 Å². The molecule has 0 aliphatic rings. The van der Waals surface area contributed by atoms with Gasteiger partial charge in [-0.15, -0.1) is 0 Å². The fourth-order valence-corrected chi connectivity index (χ4v) is 2.06. The van der Waals surface area contributed by atoms with Crippen molar-refractivity contribution in [3.05, 3.63) is 39.7 Å². The van der Waals surface area contributed by atoms with Gasteiger partial charge in [0.25, 0.3) is 5.56 Å². The summed E-state index contributed by atoms with van der Waals surface area (Å²) in [5, 5.41) is 1.04. The van der Waals surface area contributed by atoms with Crippen LogP contribution in [0, 0.1) is 6.92 Å². The van der Waals surface area contributed by atoms with E-state index in [2.05, 4.69) is 11.9 Å². The fraction of sp³-hybridized carbons (Fsp3) is 0.308. The Hall–Kier alpha value is -1.77.